The van der Waals surface area contributed by atoms with E-state index < -0.39 is 0 Å². The Labute approximate surface area is 205 Å². The van der Waals surface area contributed by atoms with Gasteiger partial charge in [0.15, 0.2) is 0 Å². The van der Waals surface area contributed by atoms with Crippen LogP contribution in [0.5, 0.6) is 5.75 Å². The number of nitrogens with zero attached hydrogens (tertiary/aromatic N) is 3. The summed E-state index contributed by atoms with van der Waals surface area (Å²) >= 11 is 6.11. The molecule has 182 valence electrons. The Morgan fingerprint density at radius 1 is 0.971 bits per heavy atom. The molecule has 2 fully saturated rings. The highest BCUT2D eigenvalue weighted by Gasteiger charge is 2.40. The van der Waals surface area contributed by atoms with Crippen molar-refractivity contribution in [2.75, 3.05) is 52.9 Å². The fourth-order valence-corrected chi connectivity index (χ4v) is 4.79. The van der Waals surface area contributed by atoms with Crippen LogP contribution in [0, 0.1) is 11.2 Å². The van der Waals surface area contributed by atoms with Gasteiger partial charge in [-0.3, -0.25) is 9.59 Å². The summed E-state index contributed by atoms with van der Waals surface area (Å²) in [7, 11) is 2.07. The van der Waals surface area contributed by atoms with Crippen LogP contribution in [-0.4, -0.2) is 79.4 Å². The third-order valence-corrected chi connectivity index (χ3v) is 7.16. The molecule has 2 aromatic carbocycles. The Kier molecular flexibility index (Phi) is 7.73. The summed E-state index contributed by atoms with van der Waals surface area (Å²) in [6.45, 7) is 4.63. The first-order chi connectivity index (χ1) is 16.3. The summed E-state index contributed by atoms with van der Waals surface area (Å²) in [4.78, 5) is 32.1. The third-order valence-electron chi connectivity index (χ3n) is 6.93. The maximum absolute atomic E-state index is 13.3. The average molecular weight is 488 g/mol. The van der Waals surface area contributed by atoms with Crippen molar-refractivity contribution in [2.24, 2.45) is 5.41 Å². The highest BCUT2D eigenvalue weighted by molar-refractivity contribution is 6.30. The zero-order valence-electron chi connectivity index (χ0n) is 19.5. The molecule has 0 aliphatic carbocycles. The van der Waals surface area contributed by atoms with Crippen molar-refractivity contribution in [1.29, 1.82) is 0 Å². The minimum Gasteiger partial charge on any atom is -0.493 e. The number of hydrogen-bond donors (Lipinski definition) is 0. The molecule has 2 heterocycles. The van der Waals surface area contributed by atoms with Crippen LogP contribution < -0.4 is 4.74 Å². The second kappa shape index (κ2) is 10.7. The van der Waals surface area contributed by atoms with E-state index in [0.717, 1.165) is 26.2 Å². The van der Waals surface area contributed by atoms with Crippen molar-refractivity contribution in [3.8, 4) is 5.75 Å². The van der Waals surface area contributed by atoms with Crippen molar-refractivity contribution < 1.29 is 18.7 Å². The van der Waals surface area contributed by atoms with Gasteiger partial charge in [-0.25, -0.2) is 4.39 Å². The van der Waals surface area contributed by atoms with Gasteiger partial charge in [-0.1, -0.05) is 17.7 Å². The van der Waals surface area contributed by atoms with Gasteiger partial charge in [-0.2, -0.15) is 0 Å². The van der Waals surface area contributed by atoms with E-state index in [1.54, 1.807) is 17.0 Å². The van der Waals surface area contributed by atoms with Crippen LogP contribution in [0.3, 0.4) is 0 Å². The number of hydrogen-bond acceptors (Lipinski definition) is 4. The number of carbonyl (C=O) groups is 2. The van der Waals surface area contributed by atoms with Gasteiger partial charge in [0.2, 0.25) is 5.91 Å². The maximum atomic E-state index is 13.3. The number of rotatable bonds is 6. The molecule has 2 aliphatic heterocycles. The highest BCUT2D eigenvalue weighted by Crippen LogP contribution is 2.37. The molecule has 0 unspecified atom stereocenters. The van der Waals surface area contributed by atoms with Gasteiger partial charge in [0, 0.05) is 61.7 Å². The standard InChI is InChI=1S/C26H31ClFN3O3/c1-29-13-15-30(16-14-29)24(32)18-26(19-34-23-4-2-3-21(27)17-23)9-11-31(12-10-26)25(33)20-5-7-22(28)8-6-20/h2-8,17H,9-16,18-19H2,1H3. The quantitative estimate of drug-likeness (QED) is 0.619. The van der Waals surface area contributed by atoms with Crippen LogP contribution in [0.15, 0.2) is 48.5 Å². The van der Waals surface area contributed by atoms with Crippen molar-refractivity contribution in [3.05, 3.63) is 64.9 Å². The number of benzene rings is 2. The molecule has 6 nitrogen and oxygen atoms in total. The van der Waals surface area contributed by atoms with E-state index in [2.05, 4.69) is 11.9 Å². The van der Waals surface area contributed by atoms with Crippen molar-refractivity contribution in [3.63, 3.8) is 0 Å². The van der Waals surface area contributed by atoms with Gasteiger partial charge in [0.05, 0.1) is 6.61 Å². The molecule has 2 aromatic rings. The van der Waals surface area contributed by atoms with Gasteiger partial charge < -0.3 is 19.4 Å². The lowest BCUT2D eigenvalue weighted by Gasteiger charge is -2.42. The van der Waals surface area contributed by atoms with Crippen LogP contribution >= 0.6 is 11.6 Å². The fourth-order valence-electron chi connectivity index (χ4n) is 4.61. The van der Waals surface area contributed by atoms with E-state index in [-0.39, 0.29) is 23.0 Å². The molecule has 0 saturated carbocycles. The number of ether oxygens (including phenoxy) is 1. The lowest BCUT2D eigenvalue weighted by Crippen LogP contribution is -2.51. The second-order valence-corrected chi connectivity index (χ2v) is 9.84. The number of carbonyl (C=O) groups excluding carboxylic acids is 2. The molecule has 0 aromatic heterocycles. The van der Waals surface area contributed by atoms with Crippen LogP contribution in [0.2, 0.25) is 5.02 Å². The summed E-state index contributed by atoms with van der Waals surface area (Å²) < 4.78 is 19.4. The summed E-state index contributed by atoms with van der Waals surface area (Å²) in [6.07, 6.45) is 1.69. The lowest BCUT2D eigenvalue weighted by molar-refractivity contribution is -0.136. The van der Waals surface area contributed by atoms with Crippen molar-refractivity contribution in [1.82, 2.24) is 14.7 Å². The van der Waals surface area contributed by atoms with E-state index in [1.165, 1.54) is 24.3 Å². The number of piperazine rings is 1. The summed E-state index contributed by atoms with van der Waals surface area (Å²) in [5, 5.41) is 0.597. The summed E-state index contributed by atoms with van der Waals surface area (Å²) in [5.41, 5.74) is 0.0973. The van der Waals surface area contributed by atoms with Gasteiger partial charge in [-0.15, -0.1) is 0 Å². The van der Waals surface area contributed by atoms with Gasteiger partial charge >= 0.3 is 0 Å². The first-order valence-corrected chi connectivity index (χ1v) is 12.1. The molecule has 0 spiro atoms. The second-order valence-electron chi connectivity index (χ2n) is 9.41. The number of halogens is 2. The molecule has 8 heteroatoms. The monoisotopic (exact) mass is 487 g/mol. The molecule has 2 saturated heterocycles. The number of likely N-dealkylation sites (tertiary alicyclic amines) is 1. The minimum absolute atomic E-state index is 0.116. The van der Waals surface area contributed by atoms with Crippen LogP contribution in [-0.2, 0) is 4.79 Å². The largest absolute Gasteiger partial charge is 0.493 e. The van der Waals surface area contributed by atoms with Gasteiger partial charge in [0.1, 0.15) is 11.6 Å². The average Bonchev–Trinajstić information content (AvgIpc) is 2.84. The Morgan fingerprint density at radius 3 is 2.29 bits per heavy atom. The molecular formula is C26H31ClFN3O3. The van der Waals surface area contributed by atoms with E-state index >= 15 is 0 Å². The van der Waals surface area contributed by atoms with Crippen molar-refractivity contribution >= 4 is 23.4 Å². The lowest BCUT2D eigenvalue weighted by atomic mass is 9.75. The van der Waals surface area contributed by atoms with Gasteiger partial charge in [0.25, 0.3) is 5.91 Å². The Morgan fingerprint density at radius 2 is 1.65 bits per heavy atom. The maximum Gasteiger partial charge on any atom is 0.253 e. The topological polar surface area (TPSA) is 53.1 Å². The van der Waals surface area contributed by atoms with E-state index in [0.29, 0.717) is 55.3 Å². The number of amides is 2. The minimum atomic E-state index is -0.373. The third kappa shape index (κ3) is 6.07. The summed E-state index contributed by atoms with van der Waals surface area (Å²) in [5.74, 6) is 0.328. The van der Waals surface area contributed by atoms with E-state index in [9.17, 15) is 14.0 Å². The molecule has 34 heavy (non-hydrogen) atoms. The predicted molar refractivity (Wildman–Crippen MR) is 130 cm³/mol. The first-order valence-electron chi connectivity index (χ1n) is 11.7. The molecule has 2 amide bonds. The number of piperidine rings is 1. The SMILES string of the molecule is CN1CCN(C(=O)CC2(COc3cccc(Cl)c3)CCN(C(=O)c3ccc(F)cc3)CC2)CC1. The normalized spacial score (nSPS) is 18.6. The Bertz CT molecular complexity index is 1000. The predicted octanol–water partition coefficient (Wildman–Crippen LogP) is 3.94. The van der Waals surface area contributed by atoms with Crippen molar-refractivity contribution in [2.45, 2.75) is 19.3 Å². The van der Waals surface area contributed by atoms with Crippen LogP contribution in [0.1, 0.15) is 29.6 Å². The Balaban J connectivity index is 1.44. The highest BCUT2D eigenvalue weighted by atomic mass is 35.5. The first kappa shape index (κ1) is 24.5. The van der Waals surface area contributed by atoms with Gasteiger partial charge in [-0.05, 0) is 62.4 Å². The van der Waals surface area contributed by atoms with E-state index in [4.69, 9.17) is 16.3 Å². The Hall–Kier alpha value is -2.64. The smallest absolute Gasteiger partial charge is 0.253 e. The molecule has 0 atom stereocenters. The molecule has 0 N–H and O–H groups in total. The molecule has 0 bridgehead atoms. The fraction of sp³-hybridized carbons (Fsp3) is 0.462. The molecule has 4 rings (SSSR count). The molecule has 2 aliphatic rings. The van der Waals surface area contributed by atoms with Crippen LogP contribution in [0.4, 0.5) is 4.39 Å². The molecular weight excluding hydrogens is 457 g/mol. The van der Waals surface area contributed by atoms with Crippen LogP contribution in [0.25, 0.3) is 0 Å². The summed E-state index contributed by atoms with van der Waals surface area (Å²) in [6, 6.07) is 12.9. The number of likely N-dealkylation sites (N-methyl/N-ethyl adjacent to an activating group) is 1. The van der Waals surface area contributed by atoms with E-state index in [1.807, 2.05) is 17.0 Å². The zero-order valence-corrected chi connectivity index (χ0v) is 20.3. The zero-order chi connectivity index (χ0) is 24.1. The molecule has 0 radical (unpaired) electrons.